The molecule has 4 heteroatoms. The van der Waals surface area contributed by atoms with Crippen molar-refractivity contribution in [2.45, 2.75) is 36.9 Å². The maximum atomic E-state index is 11.8. The Morgan fingerprint density at radius 2 is 1.89 bits per heavy atom. The van der Waals surface area contributed by atoms with Crippen molar-refractivity contribution in [3.8, 4) is 0 Å². The molecule has 0 aliphatic carbocycles. The van der Waals surface area contributed by atoms with Crippen LogP contribution in [0, 0.1) is 0 Å². The van der Waals surface area contributed by atoms with E-state index >= 15 is 0 Å². The first kappa shape index (κ1) is 14.6. The second-order valence-corrected chi connectivity index (χ2v) is 5.68. The molecule has 0 saturated carbocycles. The second kappa shape index (κ2) is 8.35. The van der Waals surface area contributed by atoms with E-state index in [0.29, 0.717) is 25.0 Å². The van der Waals surface area contributed by atoms with Gasteiger partial charge in [0.1, 0.15) is 5.78 Å². The topological polar surface area (TPSA) is 35.5 Å². The van der Waals surface area contributed by atoms with Gasteiger partial charge >= 0.3 is 0 Å². The zero-order valence-corrected chi connectivity index (χ0v) is 11.9. The van der Waals surface area contributed by atoms with E-state index in [4.69, 9.17) is 9.47 Å². The smallest absolute Gasteiger partial charge is 0.157 e. The van der Waals surface area contributed by atoms with Crippen molar-refractivity contribution in [3.05, 3.63) is 30.3 Å². The van der Waals surface area contributed by atoms with Crippen LogP contribution in [-0.2, 0) is 14.3 Å². The third kappa shape index (κ3) is 5.76. The first-order valence-corrected chi connectivity index (χ1v) is 7.76. The lowest BCUT2D eigenvalue weighted by atomic mass is 10.2. The number of thioether (sulfide) groups is 1. The van der Waals surface area contributed by atoms with E-state index in [-0.39, 0.29) is 6.29 Å². The molecule has 1 aromatic carbocycles. The van der Waals surface area contributed by atoms with E-state index in [0.717, 1.165) is 25.4 Å². The molecular formula is C15H20O3S. The lowest BCUT2D eigenvalue weighted by Gasteiger charge is -2.22. The summed E-state index contributed by atoms with van der Waals surface area (Å²) in [4.78, 5) is 13.0. The van der Waals surface area contributed by atoms with Crippen LogP contribution in [0.2, 0.25) is 0 Å². The lowest BCUT2D eigenvalue weighted by molar-refractivity contribution is -0.182. The summed E-state index contributed by atoms with van der Waals surface area (Å²) in [5, 5.41) is 0. The molecule has 0 aromatic heterocycles. The molecular weight excluding hydrogens is 260 g/mol. The van der Waals surface area contributed by atoms with Crippen molar-refractivity contribution in [1.29, 1.82) is 0 Å². The summed E-state index contributed by atoms with van der Waals surface area (Å²) in [5.74, 6) is 1.14. The van der Waals surface area contributed by atoms with Crippen molar-refractivity contribution < 1.29 is 14.3 Å². The van der Waals surface area contributed by atoms with Gasteiger partial charge in [-0.1, -0.05) is 18.2 Å². The quantitative estimate of drug-likeness (QED) is 0.718. The standard InChI is InChI=1S/C15H20O3S/c16-13(7-8-15-17-10-4-11-18-15)9-12-19-14-5-2-1-3-6-14/h1-3,5-6,15H,4,7-12H2. The Morgan fingerprint density at radius 1 is 1.16 bits per heavy atom. The van der Waals surface area contributed by atoms with E-state index in [9.17, 15) is 4.79 Å². The van der Waals surface area contributed by atoms with Crippen molar-refractivity contribution >= 4 is 17.5 Å². The summed E-state index contributed by atoms with van der Waals surface area (Å²) >= 11 is 1.73. The van der Waals surface area contributed by atoms with Crippen LogP contribution in [-0.4, -0.2) is 31.0 Å². The minimum atomic E-state index is -0.167. The normalized spacial score (nSPS) is 16.4. The van der Waals surface area contributed by atoms with Crippen LogP contribution >= 0.6 is 11.8 Å². The maximum Gasteiger partial charge on any atom is 0.157 e. The highest BCUT2D eigenvalue weighted by Gasteiger charge is 2.15. The number of ketones is 1. The fraction of sp³-hybridized carbons (Fsp3) is 0.533. The van der Waals surface area contributed by atoms with Gasteiger partial charge in [-0.3, -0.25) is 4.79 Å². The summed E-state index contributed by atoms with van der Waals surface area (Å²) in [7, 11) is 0. The van der Waals surface area contributed by atoms with E-state index in [2.05, 4.69) is 12.1 Å². The van der Waals surface area contributed by atoms with Gasteiger partial charge in [-0.2, -0.15) is 0 Å². The molecule has 1 aromatic rings. The van der Waals surface area contributed by atoms with E-state index < -0.39 is 0 Å². The van der Waals surface area contributed by atoms with Crippen LogP contribution in [0.4, 0.5) is 0 Å². The number of carbonyl (C=O) groups is 1. The van der Waals surface area contributed by atoms with Crippen molar-refractivity contribution in [2.24, 2.45) is 0 Å². The summed E-state index contributed by atoms with van der Waals surface area (Å²) in [5.41, 5.74) is 0. The summed E-state index contributed by atoms with van der Waals surface area (Å²) in [6.07, 6.45) is 2.65. The van der Waals surface area contributed by atoms with Gasteiger partial charge in [0.25, 0.3) is 0 Å². The van der Waals surface area contributed by atoms with Gasteiger partial charge in [0.2, 0.25) is 0 Å². The van der Waals surface area contributed by atoms with Crippen molar-refractivity contribution in [3.63, 3.8) is 0 Å². The summed E-state index contributed by atoms with van der Waals surface area (Å²) in [6, 6.07) is 10.2. The SMILES string of the molecule is O=C(CCSc1ccccc1)CCC1OCCCO1. The average Bonchev–Trinajstić information content (AvgIpc) is 2.47. The highest BCUT2D eigenvalue weighted by atomic mass is 32.2. The minimum Gasteiger partial charge on any atom is -0.353 e. The van der Waals surface area contributed by atoms with E-state index in [1.54, 1.807) is 11.8 Å². The Morgan fingerprint density at radius 3 is 2.63 bits per heavy atom. The van der Waals surface area contributed by atoms with Crippen molar-refractivity contribution in [2.75, 3.05) is 19.0 Å². The Kier molecular flexibility index (Phi) is 6.41. The number of ether oxygens (including phenoxy) is 2. The van der Waals surface area contributed by atoms with Crippen LogP contribution in [0.3, 0.4) is 0 Å². The fourth-order valence-corrected chi connectivity index (χ4v) is 2.82. The molecule has 1 aliphatic rings. The second-order valence-electron chi connectivity index (χ2n) is 4.51. The third-order valence-corrected chi connectivity index (χ3v) is 3.96. The first-order valence-electron chi connectivity index (χ1n) is 6.77. The average molecular weight is 280 g/mol. The van der Waals surface area contributed by atoms with Crippen molar-refractivity contribution in [1.82, 2.24) is 0 Å². The van der Waals surface area contributed by atoms with Crippen LogP contribution in [0.1, 0.15) is 25.7 Å². The zero-order chi connectivity index (χ0) is 13.3. The van der Waals surface area contributed by atoms with Crippen LogP contribution in [0.5, 0.6) is 0 Å². The van der Waals surface area contributed by atoms with Crippen LogP contribution in [0.15, 0.2) is 35.2 Å². The number of carbonyl (C=O) groups excluding carboxylic acids is 1. The lowest BCUT2D eigenvalue weighted by Crippen LogP contribution is -2.25. The van der Waals surface area contributed by atoms with Crippen LogP contribution in [0.25, 0.3) is 0 Å². The van der Waals surface area contributed by atoms with Gasteiger partial charge in [0.15, 0.2) is 6.29 Å². The van der Waals surface area contributed by atoms with Gasteiger partial charge in [0.05, 0.1) is 13.2 Å². The van der Waals surface area contributed by atoms with E-state index in [1.165, 1.54) is 4.90 Å². The first-order chi connectivity index (χ1) is 9.34. The molecule has 0 bridgehead atoms. The number of hydrogen-bond acceptors (Lipinski definition) is 4. The molecule has 1 saturated heterocycles. The van der Waals surface area contributed by atoms with E-state index in [1.807, 2.05) is 18.2 Å². The Bertz CT molecular complexity index is 374. The van der Waals surface area contributed by atoms with Crippen LogP contribution < -0.4 is 0 Å². The van der Waals surface area contributed by atoms with Gasteiger partial charge in [-0.25, -0.2) is 0 Å². The molecule has 0 N–H and O–H groups in total. The summed E-state index contributed by atoms with van der Waals surface area (Å²) in [6.45, 7) is 1.51. The Hall–Kier alpha value is -0.840. The van der Waals surface area contributed by atoms with Gasteiger partial charge in [-0.15, -0.1) is 11.8 Å². The molecule has 1 fully saturated rings. The molecule has 1 heterocycles. The fourth-order valence-electron chi connectivity index (χ4n) is 1.91. The van der Waals surface area contributed by atoms with Gasteiger partial charge in [-0.05, 0) is 18.6 Å². The molecule has 0 radical (unpaired) electrons. The highest BCUT2D eigenvalue weighted by molar-refractivity contribution is 7.99. The highest BCUT2D eigenvalue weighted by Crippen LogP contribution is 2.18. The molecule has 104 valence electrons. The predicted octanol–water partition coefficient (Wildman–Crippen LogP) is 3.28. The molecule has 2 rings (SSSR count). The summed E-state index contributed by atoms with van der Waals surface area (Å²) < 4.78 is 10.8. The molecule has 0 atom stereocenters. The Labute approximate surface area is 118 Å². The largest absolute Gasteiger partial charge is 0.353 e. The molecule has 0 spiro atoms. The molecule has 1 aliphatic heterocycles. The predicted molar refractivity (Wildman–Crippen MR) is 76.3 cm³/mol. The van der Waals surface area contributed by atoms with Gasteiger partial charge in [0, 0.05) is 29.9 Å². The molecule has 3 nitrogen and oxygen atoms in total. The van der Waals surface area contributed by atoms with Gasteiger partial charge < -0.3 is 9.47 Å². The minimum absolute atomic E-state index is 0.167. The number of Topliss-reactive ketones (excluding diaryl/α,β-unsaturated/α-hetero) is 1. The Balaban J connectivity index is 1.57. The number of benzene rings is 1. The molecule has 0 unspecified atom stereocenters. The molecule has 0 amide bonds. The monoisotopic (exact) mass is 280 g/mol. The third-order valence-electron chi connectivity index (χ3n) is 2.95. The number of rotatable bonds is 7. The molecule has 19 heavy (non-hydrogen) atoms. The zero-order valence-electron chi connectivity index (χ0n) is 11.0. The maximum absolute atomic E-state index is 11.8. The number of hydrogen-bond donors (Lipinski definition) is 0.